The van der Waals surface area contributed by atoms with Crippen LogP contribution in [0, 0.1) is 0 Å². The zero-order valence-corrected chi connectivity index (χ0v) is 8.24. The summed E-state index contributed by atoms with van der Waals surface area (Å²) >= 11 is 0. The highest BCUT2D eigenvalue weighted by Crippen LogP contribution is 1.95. The maximum Gasteiger partial charge on any atom is 0.159 e. The molecule has 0 amide bonds. The minimum atomic E-state index is 0. The molecule has 0 saturated carbocycles. The van der Waals surface area contributed by atoms with Gasteiger partial charge in [0.05, 0.1) is 0 Å². The van der Waals surface area contributed by atoms with Gasteiger partial charge in [0.15, 0.2) is 5.78 Å². The van der Waals surface area contributed by atoms with Gasteiger partial charge in [-0.3, -0.25) is 9.78 Å². The van der Waals surface area contributed by atoms with E-state index in [1.165, 1.54) is 14.0 Å². The van der Waals surface area contributed by atoms with E-state index in [0.717, 1.165) is 0 Å². The van der Waals surface area contributed by atoms with Crippen molar-refractivity contribution in [1.82, 2.24) is 4.98 Å². The number of Topliss-reactive ketones (excluding diaryl/α,β-unsaturated/α-hetero) is 1. The van der Waals surface area contributed by atoms with Gasteiger partial charge in [-0.05, 0) is 26.1 Å². The average Bonchev–Trinajstić information content (AvgIpc) is 2.10. The van der Waals surface area contributed by atoms with E-state index in [1.54, 1.807) is 24.5 Å². The smallest absolute Gasteiger partial charge is 0.159 e. The maximum atomic E-state index is 10.6. The van der Waals surface area contributed by atoms with Gasteiger partial charge < -0.3 is 5.73 Å². The normalized spacial score (nSPS) is 7.25. The molecule has 0 radical (unpaired) electrons. The number of rotatable bonds is 1. The first kappa shape index (κ1) is 13.7. The van der Waals surface area contributed by atoms with Crippen LogP contribution in [0.1, 0.15) is 18.7 Å². The van der Waals surface area contributed by atoms with E-state index in [2.05, 4.69) is 10.7 Å². The molecule has 0 aromatic carbocycles. The van der Waals surface area contributed by atoms with Crippen LogP contribution in [0.4, 0.5) is 0 Å². The third-order valence-electron chi connectivity index (χ3n) is 1.09. The van der Waals surface area contributed by atoms with Gasteiger partial charge in [-0.1, -0.05) is 0 Å². The van der Waals surface area contributed by atoms with E-state index in [1.807, 2.05) is 0 Å². The second kappa shape index (κ2) is 8.23. The number of nitrogens with zero attached hydrogens (tertiary/aromatic N) is 1. The van der Waals surface area contributed by atoms with Crippen LogP contribution in [-0.4, -0.2) is 17.8 Å². The van der Waals surface area contributed by atoms with Crippen molar-refractivity contribution >= 4 is 19.3 Å². The zero-order valence-electron chi connectivity index (χ0n) is 7.24. The van der Waals surface area contributed by atoms with Crippen molar-refractivity contribution in [3.05, 3.63) is 30.1 Å². The number of ketones is 1. The van der Waals surface area contributed by atoms with Crippen LogP contribution >= 0.6 is 13.5 Å². The molecular formula is C8H16N2OS. The summed E-state index contributed by atoms with van der Waals surface area (Å²) in [4.78, 5) is 14.4. The first-order chi connectivity index (χ1) is 5.30. The molecule has 3 nitrogen and oxygen atoms in total. The van der Waals surface area contributed by atoms with Crippen molar-refractivity contribution < 1.29 is 6.22 Å². The summed E-state index contributed by atoms with van der Waals surface area (Å²) in [5, 5.41) is 0. The van der Waals surface area contributed by atoms with E-state index in [0.29, 0.717) is 5.56 Å². The van der Waals surface area contributed by atoms with Gasteiger partial charge in [0.2, 0.25) is 0 Å². The molecule has 1 aromatic heterocycles. The average molecular weight is 188 g/mol. The molecule has 12 heavy (non-hydrogen) atoms. The molecule has 0 spiro atoms. The third kappa shape index (κ3) is 4.87. The van der Waals surface area contributed by atoms with Crippen molar-refractivity contribution in [3.63, 3.8) is 0 Å². The van der Waals surface area contributed by atoms with Gasteiger partial charge in [0.25, 0.3) is 0 Å². The molecule has 0 aliphatic rings. The minimum absolute atomic E-state index is 0. The molecule has 0 saturated heterocycles. The van der Waals surface area contributed by atoms with Crippen LogP contribution in [0.25, 0.3) is 0 Å². The Hall–Kier alpha value is -0.870. The number of carbonyl (C=O) groups is 1. The van der Waals surface area contributed by atoms with Crippen molar-refractivity contribution in [2.75, 3.05) is 7.05 Å². The van der Waals surface area contributed by atoms with Gasteiger partial charge >= 0.3 is 0 Å². The van der Waals surface area contributed by atoms with E-state index in [4.69, 9.17) is 0 Å². The Balaban J connectivity index is -0.000000234. The Morgan fingerprint density at radius 3 is 2.08 bits per heavy atom. The molecular weight excluding hydrogens is 172 g/mol. The molecule has 0 aliphatic heterocycles. The van der Waals surface area contributed by atoms with Gasteiger partial charge in [0, 0.05) is 19.4 Å². The summed E-state index contributed by atoms with van der Waals surface area (Å²) in [5.41, 5.74) is 5.21. The molecule has 2 N–H and O–H groups in total. The van der Waals surface area contributed by atoms with Crippen molar-refractivity contribution in [3.8, 4) is 0 Å². The zero-order chi connectivity index (χ0) is 8.69. The Bertz CT molecular complexity index is 219. The molecule has 1 aromatic rings. The van der Waals surface area contributed by atoms with Crippen LogP contribution in [-0.2, 0) is 0 Å². The summed E-state index contributed by atoms with van der Waals surface area (Å²) in [5.74, 6) is 0.0809. The van der Waals surface area contributed by atoms with Crippen LogP contribution in [0.5, 0.6) is 0 Å². The molecule has 1 rings (SSSR count). The molecule has 0 fully saturated rings. The lowest BCUT2D eigenvalue weighted by atomic mass is 10.2. The summed E-state index contributed by atoms with van der Waals surface area (Å²) in [6.45, 7) is 1.54. The summed E-state index contributed by atoms with van der Waals surface area (Å²) < 4.78 is 0. The highest BCUT2D eigenvalue weighted by Gasteiger charge is 1.93. The fourth-order valence-electron chi connectivity index (χ4n) is 0.587. The highest BCUT2D eigenvalue weighted by molar-refractivity contribution is 7.59. The van der Waals surface area contributed by atoms with Gasteiger partial charge in [-0.25, -0.2) is 0 Å². The molecule has 0 atom stereocenters. The molecule has 0 aliphatic carbocycles. The van der Waals surface area contributed by atoms with E-state index in [9.17, 15) is 4.79 Å². The van der Waals surface area contributed by atoms with E-state index in [-0.39, 0.29) is 20.7 Å². The lowest BCUT2D eigenvalue weighted by molar-refractivity contribution is 0.101. The molecule has 0 unspecified atom stereocenters. The fraction of sp³-hybridized carbons (Fsp3) is 0.250. The predicted molar refractivity (Wildman–Crippen MR) is 56.8 cm³/mol. The van der Waals surface area contributed by atoms with Gasteiger partial charge in [-0.15, -0.1) is 0 Å². The van der Waals surface area contributed by atoms with E-state index < -0.39 is 0 Å². The number of nitrogens with two attached hydrogens (primary N) is 1. The van der Waals surface area contributed by atoms with Crippen molar-refractivity contribution in [2.45, 2.75) is 6.92 Å². The molecule has 0 bridgehead atoms. The molecule has 70 valence electrons. The predicted octanol–water partition coefficient (Wildman–Crippen LogP) is 1.22. The van der Waals surface area contributed by atoms with E-state index >= 15 is 0 Å². The minimum Gasteiger partial charge on any atom is -0.333 e. The second-order valence-electron chi connectivity index (χ2n) is 1.79. The Labute approximate surface area is 80.9 Å². The summed E-state index contributed by atoms with van der Waals surface area (Å²) in [6, 6.07) is 3.39. The number of pyridine rings is 1. The largest absolute Gasteiger partial charge is 0.333 e. The molecule has 1 heterocycles. The Kier molecular flexibility index (Phi) is 9.40. The standard InChI is InChI=1S/C7H7NO.CH5N.H2S.H2/c1-6(9)7-2-4-8-5-3-7;1-2;;/h2-5H,1H3;2H2,1H3;1H2;1H. The maximum absolute atomic E-state index is 10.6. The lowest BCUT2D eigenvalue weighted by Gasteiger charge is -1.88. The van der Waals surface area contributed by atoms with Crippen molar-refractivity contribution in [2.24, 2.45) is 5.73 Å². The van der Waals surface area contributed by atoms with Crippen LogP contribution < -0.4 is 5.73 Å². The van der Waals surface area contributed by atoms with Crippen molar-refractivity contribution in [1.29, 1.82) is 0 Å². The fourth-order valence-corrected chi connectivity index (χ4v) is 0.587. The number of hydrogen-bond acceptors (Lipinski definition) is 3. The quantitative estimate of drug-likeness (QED) is 0.674. The first-order valence-corrected chi connectivity index (χ1v) is 3.29. The monoisotopic (exact) mass is 188 g/mol. The summed E-state index contributed by atoms with van der Waals surface area (Å²) in [7, 11) is 1.50. The van der Waals surface area contributed by atoms with Gasteiger partial charge in [0.1, 0.15) is 0 Å². The second-order valence-corrected chi connectivity index (χ2v) is 1.79. The lowest BCUT2D eigenvalue weighted by Crippen LogP contribution is -1.89. The SMILES string of the molecule is CC(=O)c1ccncc1.CN.S.[HH]. The highest BCUT2D eigenvalue weighted by atomic mass is 32.1. The summed E-state index contributed by atoms with van der Waals surface area (Å²) in [6.07, 6.45) is 3.22. The van der Waals surface area contributed by atoms with Gasteiger partial charge in [-0.2, -0.15) is 13.5 Å². The van der Waals surface area contributed by atoms with Crippen LogP contribution in [0.2, 0.25) is 0 Å². The number of hydrogen-bond donors (Lipinski definition) is 1. The molecule has 4 heteroatoms. The Morgan fingerprint density at radius 2 is 1.83 bits per heavy atom. The number of carbonyl (C=O) groups excluding carboxylic acids is 1. The first-order valence-electron chi connectivity index (χ1n) is 3.29. The third-order valence-corrected chi connectivity index (χ3v) is 1.09. The topological polar surface area (TPSA) is 56.0 Å². The van der Waals surface area contributed by atoms with Crippen LogP contribution in [0.15, 0.2) is 24.5 Å². The van der Waals surface area contributed by atoms with Crippen LogP contribution in [0.3, 0.4) is 0 Å². The Morgan fingerprint density at radius 1 is 1.42 bits per heavy atom. The number of aromatic nitrogens is 1.